The van der Waals surface area contributed by atoms with Gasteiger partial charge in [-0.25, -0.2) is 4.98 Å². The molecule has 2 aromatic heterocycles. The number of rotatable bonds is 3. The van der Waals surface area contributed by atoms with E-state index in [1.54, 1.807) is 16.5 Å². The number of thiophene rings is 1. The Kier molecular flexibility index (Phi) is 4.73. The smallest absolute Gasteiger partial charge is 0.264 e. The highest BCUT2D eigenvalue weighted by Gasteiger charge is 2.25. The number of nitrogens with two attached hydrogens (primary N) is 1. The van der Waals surface area contributed by atoms with Gasteiger partial charge in [-0.1, -0.05) is 6.42 Å². The van der Waals surface area contributed by atoms with Crippen molar-refractivity contribution in [2.24, 2.45) is 5.73 Å². The van der Waals surface area contributed by atoms with E-state index in [1.807, 2.05) is 13.8 Å². The fraction of sp³-hybridized carbons (Fsp3) is 0.588. The maximum atomic E-state index is 12.9. The van der Waals surface area contributed by atoms with E-state index in [1.165, 1.54) is 11.3 Å². The predicted molar refractivity (Wildman–Crippen MR) is 96.8 cm³/mol. The van der Waals surface area contributed by atoms with Crippen LogP contribution < -0.4 is 11.3 Å². The minimum atomic E-state index is -0.0898. The van der Waals surface area contributed by atoms with Crippen LogP contribution in [0.15, 0.2) is 4.79 Å². The molecule has 130 valence electrons. The molecule has 1 unspecified atom stereocenters. The van der Waals surface area contributed by atoms with E-state index in [9.17, 15) is 9.59 Å². The molecule has 0 saturated heterocycles. The largest absolute Gasteiger partial charge is 0.337 e. The zero-order chi connectivity index (χ0) is 17.4. The highest BCUT2D eigenvalue weighted by Crippen LogP contribution is 2.29. The first-order valence-corrected chi connectivity index (χ1v) is 9.27. The molecule has 0 radical (unpaired) electrons. The highest BCUT2D eigenvalue weighted by molar-refractivity contribution is 7.20. The van der Waals surface area contributed by atoms with Gasteiger partial charge in [0.15, 0.2) is 0 Å². The van der Waals surface area contributed by atoms with Crippen molar-refractivity contribution in [1.82, 2.24) is 14.5 Å². The quantitative estimate of drug-likeness (QED) is 0.919. The summed E-state index contributed by atoms with van der Waals surface area (Å²) in [5.41, 5.74) is 6.41. The van der Waals surface area contributed by atoms with Crippen molar-refractivity contribution >= 4 is 27.5 Å². The molecule has 6 nitrogen and oxygen atoms in total. The van der Waals surface area contributed by atoms with E-state index in [0.717, 1.165) is 43.6 Å². The van der Waals surface area contributed by atoms with Gasteiger partial charge in [0.05, 0.1) is 10.3 Å². The Hall–Kier alpha value is -1.73. The summed E-state index contributed by atoms with van der Waals surface area (Å²) in [5.74, 6) is 0.766. The fourth-order valence-corrected chi connectivity index (χ4v) is 4.31. The maximum absolute atomic E-state index is 12.9. The van der Waals surface area contributed by atoms with E-state index in [-0.39, 0.29) is 17.5 Å². The van der Waals surface area contributed by atoms with Crippen LogP contribution in [0.4, 0.5) is 0 Å². The molecule has 2 aromatic rings. The lowest BCUT2D eigenvalue weighted by Gasteiger charge is -2.23. The summed E-state index contributed by atoms with van der Waals surface area (Å²) in [7, 11) is 1.75. The lowest BCUT2D eigenvalue weighted by Crippen LogP contribution is -2.39. The molecule has 7 heteroatoms. The Morgan fingerprint density at radius 2 is 2.17 bits per heavy atom. The second kappa shape index (κ2) is 6.64. The fourth-order valence-electron chi connectivity index (χ4n) is 3.13. The van der Waals surface area contributed by atoms with E-state index in [2.05, 4.69) is 0 Å². The van der Waals surface area contributed by atoms with E-state index in [4.69, 9.17) is 10.7 Å². The molecule has 1 aliphatic rings. The number of carbonyl (C=O) groups is 1. The lowest BCUT2D eigenvalue weighted by atomic mass is 10.2. The number of nitrogens with zero attached hydrogens (tertiary/aromatic N) is 3. The summed E-state index contributed by atoms with van der Waals surface area (Å²) in [6.45, 7) is 4.89. The number of aromatic nitrogens is 2. The van der Waals surface area contributed by atoms with Crippen LogP contribution in [0.25, 0.3) is 10.2 Å². The second-order valence-corrected chi connectivity index (χ2v) is 7.53. The third-order valence-corrected chi connectivity index (χ3v) is 6.10. The van der Waals surface area contributed by atoms with Crippen molar-refractivity contribution in [3.63, 3.8) is 0 Å². The number of likely N-dealkylation sites (N-methyl/N-ethyl adjacent to an activating group) is 1. The molecule has 1 atom stereocenters. The second-order valence-electron chi connectivity index (χ2n) is 6.53. The average molecular weight is 348 g/mol. The lowest BCUT2D eigenvalue weighted by molar-refractivity contribution is 0.0752. The van der Waals surface area contributed by atoms with Crippen molar-refractivity contribution in [2.75, 3.05) is 13.6 Å². The number of amides is 1. The highest BCUT2D eigenvalue weighted by atomic mass is 32.1. The van der Waals surface area contributed by atoms with Gasteiger partial charge in [0, 0.05) is 32.6 Å². The molecule has 2 N–H and O–H groups in total. The number of carbonyl (C=O) groups excluding carboxylic acids is 1. The molecule has 0 aliphatic carbocycles. The van der Waals surface area contributed by atoms with Crippen molar-refractivity contribution in [3.05, 3.63) is 26.6 Å². The molecule has 0 saturated carbocycles. The minimum Gasteiger partial charge on any atom is -0.337 e. The summed E-state index contributed by atoms with van der Waals surface area (Å²) in [6.07, 6.45) is 4.02. The van der Waals surface area contributed by atoms with Crippen molar-refractivity contribution in [2.45, 2.75) is 52.1 Å². The summed E-state index contributed by atoms with van der Waals surface area (Å²) in [4.78, 5) is 33.3. The Morgan fingerprint density at radius 3 is 2.88 bits per heavy atom. The maximum Gasteiger partial charge on any atom is 0.264 e. The van der Waals surface area contributed by atoms with Gasteiger partial charge in [-0.05, 0) is 32.3 Å². The molecule has 0 bridgehead atoms. The zero-order valence-corrected chi connectivity index (χ0v) is 15.3. The summed E-state index contributed by atoms with van der Waals surface area (Å²) < 4.78 is 1.80. The number of hydrogen-bond donors (Lipinski definition) is 1. The molecule has 3 rings (SSSR count). The molecular weight excluding hydrogens is 324 g/mol. The van der Waals surface area contributed by atoms with Gasteiger partial charge in [-0.2, -0.15) is 0 Å². The van der Waals surface area contributed by atoms with E-state index in [0.29, 0.717) is 21.6 Å². The molecule has 3 heterocycles. The summed E-state index contributed by atoms with van der Waals surface area (Å²) >= 11 is 1.33. The van der Waals surface area contributed by atoms with Crippen molar-refractivity contribution in [1.29, 1.82) is 0 Å². The van der Waals surface area contributed by atoms with Gasteiger partial charge in [-0.15, -0.1) is 11.3 Å². The molecule has 0 aromatic carbocycles. The monoisotopic (exact) mass is 348 g/mol. The number of aryl methyl sites for hydroxylation is 2. The zero-order valence-electron chi connectivity index (χ0n) is 14.5. The van der Waals surface area contributed by atoms with E-state index < -0.39 is 0 Å². The minimum absolute atomic E-state index is 0.000716. The first-order valence-electron chi connectivity index (χ1n) is 8.45. The predicted octanol–water partition coefficient (Wildman–Crippen LogP) is 1.91. The molecule has 0 fully saturated rings. The Balaban J connectivity index is 2.13. The molecule has 1 aliphatic heterocycles. The topological polar surface area (TPSA) is 81.2 Å². The Bertz CT molecular complexity index is 839. The number of fused-ring (bicyclic) bond motifs is 2. The van der Waals surface area contributed by atoms with Gasteiger partial charge in [0.2, 0.25) is 0 Å². The van der Waals surface area contributed by atoms with Gasteiger partial charge in [-0.3, -0.25) is 14.2 Å². The Morgan fingerprint density at radius 1 is 1.42 bits per heavy atom. The van der Waals surface area contributed by atoms with Gasteiger partial charge >= 0.3 is 0 Å². The summed E-state index contributed by atoms with van der Waals surface area (Å²) in [6, 6.07) is -0.0483. The van der Waals surface area contributed by atoms with Crippen LogP contribution in [0.5, 0.6) is 0 Å². The van der Waals surface area contributed by atoms with Crippen LogP contribution in [-0.2, 0) is 13.0 Å². The first-order chi connectivity index (χ1) is 11.5. The normalized spacial score (nSPS) is 15.8. The third kappa shape index (κ3) is 2.75. The first kappa shape index (κ1) is 17.1. The van der Waals surface area contributed by atoms with Gasteiger partial charge < -0.3 is 10.6 Å². The number of hydrogen-bond acceptors (Lipinski definition) is 5. The standard InChI is InChI=1S/C17H24N4O2S/c1-10(9-18)20(3)17(23)14-11(2)13-15(24-14)19-12-7-5-4-6-8-21(12)16(13)22/h10H,4-9,18H2,1-3H3. The summed E-state index contributed by atoms with van der Waals surface area (Å²) in [5, 5.41) is 0.600. The molecule has 24 heavy (non-hydrogen) atoms. The average Bonchev–Trinajstić information content (AvgIpc) is 2.75. The van der Waals surface area contributed by atoms with Crippen LogP contribution in [0, 0.1) is 6.92 Å². The van der Waals surface area contributed by atoms with Crippen LogP contribution in [-0.4, -0.2) is 40.0 Å². The van der Waals surface area contributed by atoms with Crippen LogP contribution >= 0.6 is 11.3 Å². The molecular formula is C17H24N4O2S. The van der Waals surface area contributed by atoms with Gasteiger partial charge in [0.1, 0.15) is 10.7 Å². The third-order valence-electron chi connectivity index (χ3n) is 4.93. The van der Waals surface area contributed by atoms with E-state index >= 15 is 0 Å². The molecule has 1 amide bonds. The molecule has 0 spiro atoms. The van der Waals surface area contributed by atoms with Crippen molar-refractivity contribution < 1.29 is 4.79 Å². The SMILES string of the molecule is Cc1c(C(=O)N(C)C(C)CN)sc2nc3n(c(=O)c12)CCCCC3. The van der Waals surface area contributed by atoms with Crippen molar-refractivity contribution in [3.8, 4) is 0 Å². The van der Waals surface area contributed by atoms with Gasteiger partial charge in [0.25, 0.3) is 11.5 Å². The van der Waals surface area contributed by atoms with Crippen LogP contribution in [0.3, 0.4) is 0 Å². The van der Waals surface area contributed by atoms with Crippen LogP contribution in [0.2, 0.25) is 0 Å². The Labute approximate surface area is 145 Å². The van der Waals surface area contributed by atoms with Crippen LogP contribution in [0.1, 0.15) is 47.2 Å².